The molecule has 2 atom stereocenters. The zero-order chi connectivity index (χ0) is 32.7. The number of ether oxygens (including phenoxy) is 2. The molecule has 0 saturated heterocycles. The second-order valence-corrected chi connectivity index (χ2v) is 12.7. The van der Waals surface area contributed by atoms with E-state index in [0.717, 1.165) is 21.9 Å². The smallest absolute Gasteiger partial charge is 0.410 e. The highest BCUT2D eigenvalue weighted by atomic mass is 16.6. The fourth-order valence-electron chi connectivity index (χ4n) is 4.91. The first-order valence-corrected chi connectivity index (χ1v) is 14.8. The summed E-state index contributed by atoms with van der Waals surface area (Å²) in [5.74, 6) is -1.28. The molecular weight excluding hydrogens is 558 g/mol. The van der Waals surface area contributed by atoms with E-state index in [0.29, 0.717) is 0 Å². The molecule has 0 radical (unpaired) electrons. The maximum atomic E-state index is 14.3. The lowest BCUT2D eigenvalue weighted by molar-refractivity contribution is -0.154. The summed E-state index contributed by atoms with van der Waals surface area (Å²) in [6, 6.07) is 21.4. The molecular formula is C35H45N3O6. The van der Waals surface area contributed by atoms with Crippen molar-refractivity contribution in [2.75, 3.05) is 20.6 Å². The van der Waals surface area contributed by atoms with Crippen molar-refractivity contribution in [1.82, 2.24) is 15.1 Å². The summed E-state index contributed by atoms with van der Waals surface area (Å²) in [6.07, 6.45) is -0.192. The van der Waals surface area contributed by atoms with Crippen molar-refractivity contribution >= 4 is 34.6 Å². The van der Waals surface area contributed by atoms with Crippen LogP contribution < -0.4 is 5.32 Å². The van der Waals surface area contributed by atoms with Gasteiger partial charge in [0, 0.05) is 33.9 Å². The van der Waals surface area contributed by atoms with Crippen molar-refractivity contribution in [3.05, 3.63) is 83.9 Å². The summed E-state index contributed by atoms with van der Waals surface area (Å²) >= 11 is 0. The minimum atomic E-state index is -0.959. The molecule has 0 unspecified atom stereocenters. The van der Waals surface area contributed by atoms with Crippen LogP contribution in [0, 0.1) is 0 Å². The van der Waals surface area contributed by atoms with Gasteiger partial charge in [-0.25, -0.2) is 4.79 Å². The number of amides is 3. The average Bonchev–Trinajstić information content (AvgIpc) is 2.95. The largest absolute Gasteiger partial charge is 0.458 e. The summed E-state index contributed by atoms with van der Waals surface area (Å²) < 4.78 is 11.0. The standard InChI is InChI=1S/C35H45N3O6/c1-24(39)43-35(5,6)23-36-31(40)29(21-25-14-10-9-11-15-25)37(7)32(41)30(38(8)33(42)44-34(2,3)4)22-26-18-19-27-16-12-13-17-28(27)20-26/h9-20,29-30H,21-23H2,1-8H3,(H,36,40)/t29-,30-/m1/s1. The lowest BCUT2D eigenvalue weighted by atomic mass is 9.98. The van der Waals surface area contributed by atoms with E-state index in [9.17, 15) is 19.2 Å². The molecule has 0 spiro atoms. The predicted molar refractivity (Wildman–Crippen MR) is 171 cm³/mol. The number of hydrogen-bond donors (Lipinski definition) is 1. The van der Waals surface area contributed by atoms with Crippen molar-refractivity contribution in [1.29, 1.82) is 0 Å². The van der Waals surface area contributed by atoms with Crippen molar-refractivity contribution in [3.8, 4) is 0 Å². The van der Waals surface area contributed by atoms with Gasteiger partial charge in [0.05, 0.1) is 6.54 Å². The Morgan fingerprint density at radius 2 is 1.32 bits per heavy atom. The molecule has 0 heterocycles. The molecule has 0 aliphatic rings. The van der Waals surface area contributed by atoms with E-state index in [4.69, 9.17) is 9.47 Å². The average molecular weight is 604 g/mol. The summed E-state index contributed by atoms with van der Waals surface area (Å²) in [5.41, 5.74) is 0.00557. The Balaban J connectivity index is 1.95. The Morgan fingerprint density at radius 1 is 0.727 bits per heavy atom. The number of nitrogens with zero attached hydrogens (tertiary/aromatic N) is 2. The number of carbonyl (C=O) groups excluding carboxylic acids is 4. The number of benzene rings is 3. The highest BCUT2D eigenvalue weighted by Crippen LogP contribution is 2.21. The van der Waals surface area contributed by atoms with Crippen LogP contribution in [0.5, 0.6) is 0 Å². The zero-order valence-corrected chi connectivity index (χ0v) is 27.0. The van der Waals surface area contributed by atoms with E-state index >= 15 is 0 Å². The minimum Gasteiger partial charge on any atom is -0.458 e. The molecule has 0 saturated carbocycles. The van der Waals surface area contributed by atoms with Gasteiger partial charge in [0.1, 0.15) is 23.3 Å². The van der Waals surface area contributed by atoms with Crippen LogP contribution in [-0.4, -0.2) is 77.6 Å². The monoisotopic (exact) mass is 603 g/mol. The zero-order valence-electron chi connectivity index (χ0n) is 27.0. The van der Waals surface area contributed by atoms with Gasteiger partial charge in [-0.05, 0) is 56.5 Å². The van der Waals surface area contributed by atoms with Crippen LogP contribution in [0.4, 0.5) is 4.79 Å². The second kappa shape index (κ2) is 14.4. The lowest BCUT2D eigenvalue weighted by Gasteiger charge is -2.35. The molecule has 0 fully saturated rings. The molecule has 236 valence electrons. The molecule has 3 aromatic carbocycles. The van der Waals surface area contributed by atoms with Crippen LogP contribution in [0.1, 0.15) is 52.7 Å². The summed E-state index contributed by atoms with van der Waals surface area (Å²) in [5, 5.41) is 4.94. The van der Waals surface area contributed by atoms with Crippen LogP contribution in [0.3, 0.4) is 0 Å². The van der Waals surface area contributed by atoms with Crippen LogP contribution in [0.15, 0.2) is 72.8 Å². The Labute approximate surface area is 260 Å². The van der Waals surface area contributed by atoms with Gasteiger partial charge >= 0.3 is 12.1 Å². The molecule has 9 heteroatoms. The van der Waals surface area contributed by atoms with E-state index in [-0.39, 0.29) is 19.4 Å². The fourth-order valence-corrected chi connectivity index (χ4v) is 4.91. The number of fused-ring (bicyclic) bond motifs is 1. The maximum Gasteiger partial charge on any atom is 0.410 e. The first-order valence-electron chi connectivity index (χ1n) is 14.8. The van der Waals surface area contributed by atoms with Gasteiger partial charge in [0.25, 0.3) is 0 Å². The Bertz CT molecular complexity index is 1460. The number of esters is 1. The maximum absolute atomic E-state index is 14.3. The third kappa shape index (κ3) is 9.82. The van der Waals surface area contributed by atoms with E-state index in [2.05, 4.69) is 5.32 Å². The van der Waals surface area contributed by atoms with Gasteiger partial charge in [0.2, 0.25) is 11.8 Å². The van der Waals surface area contributed by atoms with Crippen LogP contribution in [0.25, 0.3) is 10.8 Å². The molecule has 0 bridgehead atoms. The topological polar surface area (TPSA) is 105 Å². The molecule has 0 aromatic heterocycles. The van der Waals surface area contributed by atoms with Crippen LogP contribution in [-0.2, 0) is 36.7 Å². The SMILES string of the molecule is CC(=O)OC(C)(C)CNC(=O)[C@@H](Cc1ccccc1)N(C)C(=O)[C@@H](Cc1ccc2ccccc2c1)N(C)C(=O)OC(C)(C)C. The fraction of sp³-hybridized carbons (Fsp3) is 0.429. The van der Waals surface area contributed by atoms with E-state index in [1.165, 1.54) is 16.7 Å². The number of carbonyl (C=O) groups is 4. The van der Waals surface area contributed by atoms with Crippen molar-refractivity contribution in [3.63, 3.8) is 0 Å². The normalized spacial score (nSPS) is 13.0. The first kappa shape index (κ1) is 34.1. The molecule has 3 aromatic rings. The van der Waals surface area contributed by atoms with Crippen molar-refractivity contribution < 1.29 is 28.7 Å². The van der Waals surface area contributed by atoms with E-state index in [1.807, 2.05) is 72.8 Å². The molecule has 1 N–H and O–H groups in total. The van der Waals surface area contributed by atoms with Crippen LogP contribution >= 0.6 is 0 Å². The molecule has 3 amide bonds. The third-order valence-electron chi connectivity index (χ3n) is 7.18. The lowest BCUT2D eigenvalue weighted by Crippen LogP contribution is -2.57. The van der Waals surface area contributed by atoms with Gasteiger partial charge in [0.15, 0.2) is 0 Å². The number of nitrogens with one attached hydrogen (secondary N) is 1. The quantitative estimate of drug-likeness (QED) is 0.304. The summed E-state index contributed by atoms with van der Waals surface area (Å²) in [6.45, 7) is 10.1. The first-order chi connectivity index (χ1) is 20.6. The Morgan fingerprint density at radius 3 is 1.93 bits per heavy atom. The number of hydrogen-bond acceptors (Lipinski definition) is 6. The Hall–Kier alpha value is -4.40. The third-order valence-corrected chi connectivity index (χ3v) is 7.18. The van der Waals surface area contributed by atoms with Gasteiger partial charge < -0.3 is 19.7 Å². The van der Waals surface area contributed by atoms with Gasteiger partial charge in [-0.1, -0.05) is 72.8 Å². The Kier molecular flexibility index (Phi) is 11.1. The predicted octanol–water partition coefficient (Wildman–Crippen LogP) is 5.15. The van der Waals surface area contributed by atoms with Crippen molar-refractivity contribution in [2.45, 2.75) is 77.7 Å². The van der Waals surface area contributed by atoms with E-state index < -0.39 is 47.2 Å². The van der Waals surface area contributed by atoms with Gasteiger partial charge in [-0.15, -0.1) is 0 Å². The second-order valence-electron chi connectivity index (χ2n) is 12.7. The van der Waals surface area contributed by atoms with E-state index in [1.54, 1.807) is 48.7 Å². The summed E-state index contributed by atoms with van der Waals surface area (Å²) in [4.78, 5) is 55.5. The summed E-state index contributed by atoms with van der Waals surface area (Å²) in [7, 11) is 3.11. The molecule has 0 aliphatic carbocycles. The van der Waals surface area contributed by atoms with Crippen molar-refractivity contribution in [2.24, 2.45) is 0 Å². The molecule has 44 heavy (non-hydrogen) atoms. The number of rotatable bonds is 11. The van der Waals surface area contributed by atoms with Crippen LogP contribution in [0.2, 0.25) is 0 Å². The highest BCUT2D eigenvalue weighted by molar-refractivity contribution is 5.92. The number of likely N-dealkylation sites (N-methyl/N-ethyl adjacent to an activating group) is 2. The van der Waals surface area contributed by atoms with Gasteiger partial charge in [-0.2, -0.15) is 0 Å². The highest BCUT2D eigenvalue weighted by Gasteiger charge is 2.37. The molecule has 0 aliphatic heterocycles. The van der Waals surface area contributed by atoms with Gasteiger partial charge in [-0.3, -0.25) is 19.3 Å². The molecule has 9 nitrogen and oxygen atoms in total. The molecule has 3 rings (SSSR count). The minimum absolute atomic E-state index is 0.0526.